The second kappa shape index (κ2) is 5.51. The number of aromatic nitrogens is 3. The van der Waals surface area contributed by atoms with E-state index in [0.717, 1.165) is 11.3 Å². The molecule has 114 valence electrons. The molecule has 1 aliphatic heterocycles. The van der Waals surface area contributed by atoms with Gasteiger partial charge in [-0.2, -0.15) is 5.10 Å². The van der Waals surface area contributed by atoms with Crippen LogP contribution in [0.3, 0.4) is 0 Å². The molecule has 1 amide bonds. The van der Waals surface area contributed by atoms with Crippen molar-refractivity contribution in [2.75, 3.05) is 11.9 Å². The van der Waals surface area contributed by atoms with Crippen molar-refractivity contribution in [1.29, 1.82) is 0 Å². The highest BCUT2D eigenvalue weighted by atomic mass is 16.5. The summed E-state index contributed by atoms with van der Waals surface area (Å²) in [6.45, 7) is 4.74. The monoisotopic (exact) mass is 300 g/mol. The predicted molar refractivity (Wildman–Crippen MR) is 82.6 cm³/mol. The van der Waals surface area contributed by atoms with E-state index in [4.69, 9.17) is 4.74 Å². The number of aryl methyl sites for hydroxylation is 1. The average molecular weight is 300 g/mol. The Morgan fingerprint density at radius 3 is 2.82 bits per heavy atom. The van der Waals surface area contributed by atoms with Gasteiger partial charge in [-0.3, -0.25) is 9.78 Å². The molecular weight excluding hydrogens is 284 g/mol. The summed E-state index contributed by atoms with van der Waals surface area (Å²) in [5, 5.41) is 6.90. The summed E-state index contributed by atoms with van der Waals surface area (Å²) in [4.78, 5) is 26.3. The molecule has 3 rings (SSSR count). The van der Waals surface area contributed by atoms with Crippen molar-refractivity contribution in [3.8, 4) is 5.75 Å². The zero-order valence-electron chi connectivity index (χ0n) is 12.3. The second-order valence-corrected chi connectivity index (χ2v) is 4.78. The molecule has 7 heteroatoms. The van der Waals surface area contributed by atoms with Gasteiger partial charge >= 0.3 is 5.69 Å². The average Bonchev–Trinajstić information content (AvgIpc) is 3.00. The first-order valence-corrected chi connectivity index (χ1v) is 7.09. The van der Waals surface area contributed by atoms with Gasteiger partial charge in [-0.1, -0.05) is 0 Å². The van der Waals surface area contributed by atoms with Crippen LogP contribution in [0.2, 0.25) is 0 Å². The molecule has 22 heavy (non-hydrogen) atoms. The van der Waals surface area contributed by atoms with E-state index in [1.54, 1.807) is 24.3 Å². The normalized spacial score (nSPS) is 15.0. The van der Waals surface area contributed by atoms with E-state index in [2.05, 4.69) is 15.4 Å². The lowest BCUT2D eigenvalue weighted by molar-refractivity contribution is -0.110. The molecule has 0 saturated heterocycles. The number of nitrogens with one attached hydrogen (secondary N) is 2. The molecule has 2 aromatic rings. The van der Waals surface area contributed by atoms with Crippen LogP contribution in [0.25, 0.3) is 11.6 Å². The van der Waals surface area contributed by atoms with Crippen LogP contribution in [0.1, 0.15) is 25.2 Å². The highest BCUT2D eigenvalue weighted by molar-refractivity contribution is 6.34. The van der Waals surface area contributed by atoms with Crippen LogP contribution < -0.4 is 15.7 Å². The number of carbonyl (C=O) groups is 1. The number of benzene rings is 1. The smallest absolute Gasteiger partial charge is 0.343 e. The number of aromatic amines is 1. The highest BCUT2D eigenvalue weighted by Gasteiger charge is 2.25. The summed E-state index contributed by atoms with van der Waals surface area (Å²) in [5.41, 5.74) is 1.62. The van der Waals surface area contributed by atoms with Crippen molar-refractivity contribution in [3.05, 3.63) is 40.1 Å². The fourth-order valence-electron chi connectivity index (χ4n) is 2.36. The summed E-state index contributed by atoms with van der Waals surface area (Å²) in [6.07, 6.45) is 1.57. The van der Waals surface area contributed by atoms with Crippen molar-refractivity contribution in [2.45, 2.75) is 20.4 Å². The molecule has 2 heterocycles. The van der Waals surface area contributed by atoms with Crippen LogP contribution in [0.4, 0.5) is 5.69 Å². The number of anilines is 1. The first kappa shape index (κ1) is 14.1. The summed E-state index contributed by atoms with van der Waals surface area (Å²) >= 11 is 0. The third-order valence-electron chi connectivity index (χ3n) is 3.36. The molecule has 0 atom stereocenters. The Morgan fingerprint density at radius 1 is 1.32 bits per heavy atom. The van der Waals surface area contributed by atoms with Gasteiger partial charge in [0.25, 0.3) is 5.91 Å². The zero-order chi connectivity index (χ0) is 15.7. The highest BCUT2D eigenvalue weighted by Crippen LogP contribution is 2.35. The maximum Gasteiger partial charge on any atom is 0.343 e. The second-order valence-electron chi connectivity index (χ2n) is 4.78. The SMILES string of the molecule is CCOc1ccc2c(c1)/C(=C/c1nn(CC)c(=O)[nH]1)C(=O)N2. The van der Waals surface area contributed by atoms with Gasteiger partial charge in [-0.15, -0.1) is 0 Å². The zero-order valence-corrected chi connectivity index (χ0v) is 12.3. The first-order chi connectivity index (χ1) is 10.6. The number of ether oxygens (including phenoxy) is 1. The maximum absolute atomic E-state index is 12.1. The van der Waals surface area contributed by atoms with Gasteiger partial charge < -0.3 is 10.1 Å². The number of rotatable bonds is 4. The van der Waals surface area contributed by atoms with E-state index in [1.807, 2.05) is 13.8 Å². The molecule has 0 aliphatic carbocycles. The van der Waals surface area contributed by atoms with E-state index < -0.39 is 0 Å². The van der Waals surface area contributed by atoms with Crippen LogP contribution in [-0.2, 0) is 11.3 Å². The lowest BCUT2D eigenvalue weighted by Crippen LogP contribution is -2.16. The van der Waals surface area contributed by atoms with Crippen molar-refractivity contribution in [2.24, 2.45) is 0 Å². The number of carbonyl (C=O) groups excluding carboxylic acids is 1. The summed E-state index contributed by atoms with van der Waals surface area (Å²) in [6, 6.07) is 5.41. The Bertz CT molecular complexity index is 816. The molecule has 1 aliphatic rings. The van der Waals surface area contributed by atoms with Crippen molar-refractivity contribution in [3.63, 3.8) is 0 Å². The van der Waals surface area contributed by atoms with Gasteiger partial charge in [0.15, 0.2) is 5.82 Å². The molecule has 2 N–H and O–H groups in total. The molecule has 7 nitrogen and oxygen atoms in total. The molecule has 0 saturated carbocycles. The van der Waals surface area contributed by atoms with Gasteiger partial charge in [0.05, 0.1) is 12.2 Å². The van der Waals surface area contributed by atoms with E-state index in [-0.39, 0.29) is 11.6 Å². The number of nitrogens with zero attached hydrogens (tertiary/aromatic N) is 2. The molecule has 0 radical (unpaired) electrons. The van der Waals surface area contributed by atoms with Crippen LogP contribution >= 0.6 is 0 Å². The molecule has 0 spiro atoms. The lowest BCUT2D eigenvalue weighted by Gasteiger charge is -2.04. The van der Waals surface area contributed by atoms with E-state index in [9.17, 15) is 9.59 Å². The lowest BCUT2D eigenvalue weighted by atomic mass is 10.1. The van der Waals surface area contributed by atoms with Crippen LogP contribution in [-0.4, -0.2) is 27.3 Å². The topological polar surface area (TPSA) is 89.0 Å². The largest absolute Gasteiger partial charge is 0.494 e. The Balaban J connectivity index is 2.04. The van der Waals surface area contributed by atoms with Gasteiger partial charge in [0.1, 0.15) is 5.75 Å². The first-order valence-electron chi connectivity index (χ1n) is 7.09. The summed E-state index contributed by atoms with van der Waals surface area (Å²) in [7, 11) is 0. The van der Waals surface area contributed by atoms with Gasteiger partial charge in [0, 0.05) is 17.8 Å². The summed E-state index contributed by atoms with van der Waals surface area (Å²) in [5.74, 6) is 0.818. The number of amides is 1. The molecule has 0 fully saturated rings. The van der Waals surface area contributed by atoms with E-state index in [0.29, 0.717) is 30.3 Å². The molecule has 0 bridgehead atoms. The third-order valence-corrected chi connectivity index (χ3v) is 3.36. The number of fused-ring (bicyclic) bond motifs is 1. The third kappa shape index (κ3) is 2.41. The van der Waals surface area contributed by atoms with Crippen LogP contribution in [0.5, 0.6) is 5.75 Å². The van der Waals surface area contributed by atoms with Crippen molar-refractivity contribution < 1.29 is 9.53 Å². The Labute approximate surface area is 126 Å². The Kier molecular flexibility index (Phi) is 3.54. The maximum atomic E-state index is 12.1. The standard InChI is InChI=1S/C15H16N4O3/c1-3-19-15(21)17-13(18-19)8-11-10-7-9(22-4-2)5-6-12(10)16-14(11)20/h5-8H,3-4H2,1-2H3,(H,16,20)(H,17,18,21)/b11-8-. The van der Waals surface area contributed by atoms with Gasteiger partial charge in [-0.05, 0) is 38.1 Å². The van der Waals surface area contributed by atoms with E-state index in [1.165, 1.54) is 4.68 Å². The Hall–Kier alpha value is -2.83. The van der Waals surface area contributed by atoms with Gasteiger partial charge in [-0.25, -0.2) is 9.48 Å². The minimum atomic E-state index is -0.295. The van der Waals surface area contributed by atoms with Gasteiger partial charge in [0.2, 0.25) is 0 Å². The quantitative estimate of drug-likeness (QED) is 0.837. The fourth-order valence-corrected chi connectivity index (χ4v) is 2.36. The summed E-state index contributed by atoms with van der Waals surface area (Å²) < 4.78 is 6.76. The molecule has 1 aromatic heterocycles. The Morgan fingerprint density at radius 2 is 2.14 bits per heavy atom. The van der Waals surface area contributed by atoms with Crippen molar-refractivity contribution in [1.82, 2.24) is 14.8 Å². The predicted octanol–water partition coefficient (Wildman–Crippen LogP) is 1.48. The molecule has 1 aromatic carbocycles. The molecule has 0 unspecified atom stereocenters. The molecular formula is C15H16N4O3. The number of hydrogen-bond donors (Lipinski definition) is 2. The minimum absolute atomic E-state index is 0.226. The minimum Gasteiger partial charge on any atom is -0.494 e. The van der Waals surface area contributed by atoms with Crippen LogP contribution in [0.15, 0.2) is 23.0 Å². The number of hydrogen-bond acceptors (Lipinski definition) is 4. The fraction of sp³-hybridized carbons (Fsp3) is 0.267. The van der Waals surface area contributed by atoms with E-state index >= 15 is 0 Å². The van der Waals surface area contributed by atoms with Crippen LogP contribution in [0, 0.1) is 0 Å². The number of H-pyrrole nitrogens is 1. The van der Waals surface area contributed by atoms with Crippen molar-refractivity contribution >= 4 is 23.2 Å².